The van der Waals surface area contributed by atoms with E-state index in [1.165, 1.54) is 30.6 Å². The summed E-state index contributed by atoms with van der Waals surface area (Å²) in [5.41, 5.74) is 3.47. The number of likely N-dealkylation sites (N-methyl/N-ethyl adjacent to an activating group) is 1. The van der Waals surface area contributed by atoms with Crippen LogP contribution < -0.4 is 20.1 Å². The Balaban J connectivity index is 0.00000385. The molecular formula is C25H38IN5O2. The maximum absolute atomic E-state index is 5.58. The molecule has 1 heterocycles. The number of nitrogens with one attached hydrogen (secondary N) is 2. The van der Waals surface area contributed by atoms with Crippen molar-refractivity contribution in [2.75, 3.05) is 59.3 Å². The van der Waals surface area contributed by atoms with Gasteiger partial charge >= 0.3 is 0 Å². The van der Waals surface area contributed by atoms with Gasteiger partial charge in [-0.25, -0.2) is 0 Å². The van der Waals surface area contributed by atoms with Crippen molar-refractivity contribution in [1.29, 1.82) is 0 Å². The van der Waals surface area contributed by atoms with Crippen LogP contribution in [0.25, 0.3) is 0 Å². The molecule has 0 atom stereocenters. The highest BCUT2D eigenvalue weighted by Crippen LogP contribution is 2.30. The number of aliphatic imine (C=N–C) groups is 1. The van der Waals surface area contributed by atoms with Gasteiger partial charge in [-0.1, -0.05) is 24.3 Å². The molecule has 8 heteroatoms. The number of ether oxygens (including phenoxy) is 2. The van der Waals surface area contributed by atoms with Gasteiger partial charge in [-0.15, -0.1) is 24.0 Å². The number of benzene rings is 2. The fourth-order valence-electron chi connectivity index (χ4n) is 3.80. The third kappa shape index (κ3) is 8.68. The molecule has 0 bridgehead atoms. The Bertz CT molecular complexity index is 876. The molecule has 182 valence electrons. The van der Waals surface area contributed by atoms with E-state index in [0.717, 1.165) is 31.1 Å². The van der Waals surface area contributed by atoms with Crippen molar-refractivity contribution in [2.45, 2.75) is 26.4 Å². The highest BCUT2D eigenvalue weighted by Gasteiger charge is 2.12. The maximum Gasteiger partial charge on any atom is 0.195 e. The molecule has 0 amide bonds. The number of methoxy groups -OCH3 is 1. The third-order valence-corrected chi connectivity index (χ3v) is 5.65. The normalized spacial score (nSPS) is 15.3. The van der Waals surface area contributed by atoms with Crippen molar-refractivity contribution < 1.29 is 9.47 Å². The Morgan fingerprint density at radius 3 is 2.45 bits per heavy atom. The Morgan fingerprint density at radius 1 is 1.00 bits per heavy atom. The van der Waals surface area contributed by atoms with Gasteiger partial charge in [-0.05, 0) is 56.7 Å². The molecule has 3 rings (SSSR count). The molecule has 1 saturated heterocycles. The quantitative estimate of drug-likeness (QED) is 0.286. The van der Waals surface area contributed by atoms with Crippen LogP contribution >= 0.6 is 24.0 Å². The van der Waals surface area contributed by atoms with Crippen LogP contribution in [0, 0.1) is 0 Å². The van der Waals surface area contributed by atoms with Crippen LogP contribution in [0.2, 0.25) is 0 Å². The Morgan fingerprint density at radius 2 is 1.76 bits per heavy atom. The van der Waals surface area contributed by atoms with E-state index in [4.69, 9.17) is 9.47 Å². The minimum atomic E-state index is 0. The van der Waals surface area contributed by atoms with E-state index in [9.17, 15) is 0 Å². The first-order valence-corrected chi connectivity index (χ1v) is 11.4. The number of halogens is 1. The second-order valence-electron chi connectivity index (χ2n) is 8.10. The number of hydrogen-bond acceptors (Lipinski definition) is 5. The lowest BCUT2D eigenvalue weighted by atomic mass is 10.1. The van der Waals surface area contributed by atoms with Gasteiger partial charge in [0.2, 0.25) is 0 Å². The van der Waals surface area contributed by atoms with Crippen molar-refractivity contribution in [3.63, 3.8) is 0 Å². The lowest BCUT2D eigenvalue weighted by Crippen LogP contribution is -2.30. The van der Waals surface area contributed by atoms with Gasteiger partial charge in [-0.2, -0.15) is 0 Å². The molecule has 33 heavy (non-hydrogen) atoms. The van der Waals surface area contributed by atoms with Crippen LogP contribution in [0.15, 0.2) is 47.5 Å². The standard InChI is InChI=1S/C25H37N5O2.HI/c1-5-32-23-12-11-22(17-24(23)31-4)28-25(26-2)27-18-20-7-9-21(10-8-20)19-30-14-6-13-29(3)15-16-30;/h7-12,17H,5-6,13-16,18-19H2,1-4H3,(H2,26,27,28);1H. The minimum Gasteiger partial charge on any atom is -0.493 e. The molecule has 2 N–H and O–H groups in total. The lowest BCUT2D eigenvalue weighted by molar-refractivity contribution is 0.269. The topological polar surface area (TPSA) is 61.4 Å². The highest BCUT2D eigenvalue weighted by molar-refractivity contribution is 14.0. The van der Waals surface area contributed by atoms with Crippen LogP contribution in [0.3, 0.4) is 0 Å². The van der Waals surface area contributed by atoms with Crippen LogP contribution in [-0.4, -0.2) is 69.8 Å². The number of nitrogens with zero attached hydrogens (tertiary/aromatic N) is 3. The number of anilines is 1. The van der Waals surface area contributed by atoms with Gasteiger partial charge in [0.25, 0.3) is 0 Å². The zero-order valence-corrected chi connectivity index (χ0v) is 22.6. The smallest absolute Gasteiger partial charge is 0.195 e. The van der Waals surface area contributed by atoms with E-state index in [2.05, 4.69) is 56.7 Å². The van der Waals surface area contributed by atoms with Crippen LogP contribution in [0.4, 0.5) is 5.69 Å². The van der Waals surface area contributed by atoms with E-state index in [0.29, 0.717) is 24.9 Å². The predicted molar refractivity (Wildman–Crippen MR) is 147 cm³/mol. The summed E-state index contributed by atoms with van der Waals surface area (Å²) in [6, 6.07) is 14.6. The van der Waals surface area contributed by atoms with Crippen LogP contribution in [0.5, 0.6) is 11.5 Å². The molecule has 0 unspecified atom stereocenters. The van der Waals surface area contributed by atoms with E-state index >= 15 is 0 Å². The van der Waals surface area contributed by atoms with Gasteiger partial charge in [0, 0.05) is 45.0 Å². The first kappa shape index (κ1) is 27.2. The van der Waals surface area contributed by atoms with Crippen LogP contribution in [-0.2, 0) is 13.1 Å². The molecule has 0 aromatic heterocycles. The van der Waals surface area contributed by atoms with Gasteiger partial charge in [0.05, 0.1) is 13.7 Å². The van der Waals surface area contributed by atoms with Crippen molar-refractivity contribution in [2.24, 2.45) is 4.99 Å². The molecule has 0 saturated carbocycles. The first-order chi connectivity index (χ1) is 15.6. The summed E-state index contributed by atoms with van der Waals surface area (Å²) < 4.78 is 11.0. The van der Waals surface area contributed by atoms with Gasteiger partial charge in [-0.3, -0.25) is 9.89 Å². The summed E-state index contributed by atoms with van der Waals surface area (Å²) in [7, 11) is 5.62. The molecule has 1 fully saturated rings. The summed E-state index contributed by atoms with van der Waals surface area (Å²) >= 11 is 0. The fourth-order valence-corrected chi connectivity index (χ4v) is 3.80. The second kappa shape index (κ2) is 14.3. The van der Waals surface area contributed by atoms with E-state index in [1.807, 2.05) is 25.1 Å². The maximum atomic E-state index is 5.58. The van der Waals surface area contributed by atoms with Crippen LogP contribution in [0.1, 0.15) is 24.5 Å². The zero-order chi connectivity index (χ0) is 22.8. The summed E-state index contributed by atoms with van der Waals surface area (Å²) in [5.74, 6) is 2.13. The van der Waals surface area contributed by atoms with Crippen molar-refractivity contribution in [3.8, 4) is 11.5 Å². The summed E-state index contributed by atoms with van der Waals surface area (Å²) in [4.78, 5) is 9.30. The Hall–Kier alpha value is -2.04. The highest BCUT2D eigenvalue weighted by atomic mass is 127. The molecule has 1 aliphatic rings. The summed E-state index contributed by atoms with van der Waals surface area (Å²) in [6.45, 7) is 8.92. The average molecular weight is 568 g/mol. The second-order valence-corrected chi connectivity index (χ2v) is 8.10. The average Bonchev–Trinajstić information content (AvgIpc) is 3.02. The monoisotopic (exact) mass is 567 g/mol. The summed E-state index contributed by atoms with van der Waals surface area (Å²) in [6.07, 6.45) is 1.24. The number of hydrogen-bond donors (Lipinski definition) is 2. The molecule has 0 spiro atoms. The van der Waals surface area contributed by atoms with Gasteiger partial charge < -0.3 is 25.0 Å². The lowest BCUT2D eigenvalue weighted by Gasteiger charge is -2.20. The van der Waals surface area contributed by atoms with Gasteiger partial charge in [0.15, 0.2) is 17.5 Å². The number of guanidine groups is 1. The van der Waals surface area contributed by atoms with E-state index in [1.54, 1.807) is 14.2 Å². The fraction of sp³-hybridized carbons (Fsp3) is 0.480. The van der Waals surface area contributed by atoms with Crippen molar-refractivity contribution >= 4 is 35.6 Å². The number of rotatable bonds is 8. The van der Waals surface area contributed by atoms with Crippen molar-refractivity contribution in [1.82, 2.24) is 15.1 Å². The molecule has 0 aliphatic carbocycles. The molecule has 2 aromatic carbocycles. The third-order valence-electron chi connectivity index (χ3n) is 5.65. The van der Waals surface area contributed by atoms with Gasteiger partial charge in [0.1, 0.15) is 0 Å². The molecule has 2 aromatic rings. The molecular weight excluding hydrogens is 529 g/mol. The van der Waals surface area contributed by atoms with Crippen molar-refractivity contribution in [3.05, 3.63) is 53.6 Å². The van der Waals surface area contributed by atoms with E-state index < -0.39 is 0 Å². The molecule has 0 radical (unpaired) electrons. The molecule has 7 nitrogen and oxygen atoms in total. The van der Waals surface area contributed by atoms with E-state index in [-0.39, 0.29) is 24.0 Å². The summed E-state index contributed by atoms with van der Waals surface area (Å²) in [5, 5.41) is 6.69. The first-order valence-electron chi connectivity index (χ1n) is 11.4. The minimum absolute atomic E-state index is 0. The largest absolute Gasteiger partial charge is 0.493 e. The zero-order valence-electron chi connectivity index (χ0n) is 20.3. The Kier molecular flexibility index (Phi) is 11.8. The SMILES string of the molecule is CCOc1ccc(NC(=NC)NCc2ccc(CN3CCCN(C)CC3)cc2)cc1OC.I. The molecule has 1 aliphatic heterocycles. The Labute approximate surface area is 215 Å². The predicted octanol–water partition coefficient (Wildman–Crippen LogP) is 4.04.